The predicted octanol–water partition coefficient (Wildman–Crippen LogP) is 2.88. The average molecular weight is 224 g/mol. The minimum atomic E-state index is -0.811. The molecule has 0 spiro atoms. The lowest BCUT2D eigenvalue weighted by molar-refractivity contribution is 0.0698. The highest BCUT2D eigenvalue weighted by Gasteiger charge is 2.07. The summed E-state index contributed by atoms with van der Waals surface area (Å²) in [4.78, 5) is 10.9. The van der Waals surface area contributed by atoms with Crippen molar-refractivity contribution >= 4 is 19.9 Å². The van der Waals surface area contributed by atoms with Crippen molar-refractivity contribution in [2.45, 2.75) is 26.2 Å². The molecule has 82 valence electrons. The second-order valence-corrected chi connectivity index (χ2v) is 4.88. The molecule has 1 N–H and O–H groups in total. The first-order valence-corrected chi connectivity index (χ1v) is 6.52. The van der Waals surface area contributed by atoms with Gasteiger partial charge in [-0.3, -0.25) is 0 Å². The van der Waals surface area contributed by atoms with Gasteiger partial charge in [0.05, 0.1) is 5.56 Å². The van der Waals surface area contributed by atoms with Crippen LogP contribution in [0.4, 0.5) is 0 Å². The molecule has 1 atom stereocenters. The molecule has 0 heterocycles. The van der Waals surface area contributed by atoms with E-state index in [9.17, 15) is 4.79 Å². The molecule has 0 saturated carbocycles. The van der Waals surface area contributed by atoms with Gasteiger partial charge in [0, 0.05) is 0 Å². The normalized spacial score (nSPS) is 11.0. The first-order chi connectivity index (χ1) is 7.25. The van der Waals surface area contributed by atoms with E-state index in [0.717, 1.165) is 11.5 Å². The van der Waals surface area contributed by atoms with Gasteiger partial charge in [-0.05, 0) is 24.0 Å². The molecule has 0 saturated heterocycles. The van der Waals surface area contributed by atoms with Gasteiger partial charge in [-0.15, -0.1) is 0 Å². The fourth-order valence-electron chi connectivity index (χ4n) is 1.42. The third-order valence-electron chi connectivity index (χ3n) is 2.25. The van der Waals surface area contributed by atoms with Gasteiger partial charge in [0.2, 0.25) is 0 Å². The number of hydrogen-bond acceptors (Lipinski definition) is 1. The van der Waals surface area contributed by atoms with E-state index < -0.39 is 5.97 Å². The van der Waals surface area contributed by atoms with Crippen LogP contribution in [0.15, 0.2) is 24.3 Å². The van der Waals surface area contributed by atoms with Crippen molar-refractivity contribution in [3.05, 3.63) is 29.8 Å². The van der Waals surface area contributed by atoms with Crippen LogP contribution >= 0.6 is 8.58 Å². The van der Waals surface area contributed by atoms with Crippen molar-refractivity contribution in [1.29, 1.82) is 0 Å². The zero-order valence-electron chi connectivity index (χ0n) is 8.99. The second-order valence-electron chi connectivity index (χ2n) is 3.48. The van der Waals surface area contributed by atoms with E-state index in [0.29, 0.717) is 14.1 Å². The molecule has 1 aromatic carbocycles. The summed E-state index contributed by atoms with van der Waals surface area (Å²) in [6.45, 7) is 2.17. The third-order valence-corrected chi connectivity index (χ3v) is 3.67. The second kappa shape index (κ2) is 6.58. The molecule has 1 rings (SSSR count). The topological polar surface area (TPSA) is 37.3 Å². The number of benzene rings is 1. The van der Waals surface area contributed by atoms with Gasteiger partial charge in [0.25, 0.3) is 0 Å². The highest BCUT2D eigenvalue weighted by atomic mass is 31.1. The van der Waals surface area contributed by atoms with Gasteiger partial charge in [-0.25, -0.2) is 4.79 Å². The Balaban J connectivity index is 2.56. The van der Waals surface area contributed by atoms with E-state index in [2.05, 4.69) is 6.92 Å². The maximum Gasteiger partial charge on any atom is 0.336 e. The van der Waals surface area contributed by atoms with Crippen molar-refractivity contribution in [2.75, 3.05) is 6.16 Å². The summed E-state index contributed by atoms with van der Waals surface area (Å²) in [7, 11) is 0.625. The molecule has 0 aliphatic heterocycles. The van der Waals surface area contributed by atoms with Crippen LogP contribution in [-0.2, 0) is 0 Å². The molecule has 15 heavy (non-hydrogen) atoms. The molecule has 2 nitrogen and oxygen atoms in total. The lowest BCUT2D eigenvalue weighted by Crippen LogP contribution is -2.10. The van der Waals surface area contributed by atoms with Gasteiger partial charge in [0.15, 0.2) is 0 Å². The molecular formula is C12H17O2P. The number of carboxylic acids is 1. The van der Waals surface area contributed by atoms with E-state index in [4.69, 9.17) is 5.11 Å². The Kier molecular flexibility index (Phi) is 5.34. The molecular weight excluding hydrogens is 207 g/mol. The standard InChI is InChI=1S/C12H17O2P/c1-2-3-6-9-15-11-8-5-4-7-10(11)12(13)14/h4-5,7-8,15H,2-3,6,9H2,1H3,(H,13,14). The summed E-state index contributed by atoms with van der Waals surface area (Å²) in [5.74, 6) is -0.811. The lowest BCUT2D eigenvalue weighted by Gasteiger charge is -2.05. The number of carboxylic acid groups (broad SMARTS) is 1. The Hall–Kier alpha value is -0.880. The minimum absolute atomic E-state index is 0.465. The Morgan fingerprint density at radius 1 is 1.33 bits per heavy atom. The van der Waals surface area contributed by atoms with E-state index >= 15 is 0 Å². The van der Waals surface area contributed by atoms with Crippen LogP contribution in [0.25, 0.3) is 0 Å². The fourth-order valence-corrected chi connectivity index (χ4v) is 2.71. The fraction of sp³-hybridized carbons (Fsp3) is 0.417. The van der Waals surface area contributed by atoms with Gasteiger partial charge >= 0.3 is 5.97 Å². The highest BCUT2D eigenvalue weighted by Crippen LogP contribution is 2.16. The Bertz CT molecular complexity index is 323. The maximum absolute atomic E-state index is 10.9. The number of aromatic carboxylic acids is 1. The SMILES string of the molecule is CCCCCPc1ccccc1C(=O)O. The van der Waals surface area contributed by atoms with Crippen molar-refractivity contribution < 1.29 is 9.90 Å². The van der Waals surface area contributed by atoms with E-state index in [1.165, 1.54) is 19.3 Å². The Morgan fingerprint density at radius 3 is 2.73 bits per heavy atom. The monoisotopic (exact) mass is 224 g/mol. The van der Waals surface area contributed by atoms with Crippen LogP contribution in [0.1, 0.15) is 36.5 Å². The lowest BCUT2D eigenvalue weighted by atomic mass is 10.2. The highest BCUT2D eigenvalue weighted by molar-refractivity contribution is 7.47. The van der Waals surface area contributed by atoms with Gasteiger partial charge in [-0.2, -0.15) is 0 Å². The molecule has 0 aliphatic rings. The maximum atomic E-state index is 10.9. The summed E-state index contributed by atoms with van der Waals surface area (Å²) in [6, 6.07) is 7.30. The quantitative estimate of drug-likeness (QED) is 0.596. The van der Waals surface area contributed by atoms with Crippen LogP contribution in [-0.4, -0.2) is 17.2 Å². The van der Waals surface area contributed by atoms with E-state index in [-0.39, 0.29) is 0 Å². The van der Waals surface area contributed by atoms with Gasteiger partial charge in [-0.1, -0.05) is 46.5 Å². The predicted molar refractivity (Wildman–Crippen MR) is 65.7 cm³/mol. The third kappa shape index (κ3) is 4.01. The van der Waals surface area contributed by atoms with Gasteiger partial charge in [0.1, 0.15) is 0 Å². The first kappa shape index (κ1) is 12.2. The van der Waals surface area contributed by atoms with Crippen LogP contribution in [0.2, 0.25) is 0 Å². The van der Waals surface area contributed by atoms with Crippen molar-refractivity contribution in [2.24, 2.45) is 0 Å². The molecule has 0 aliphatic carbocycles. The largest absolute Gasteiger partial charge is 0.478 e. The molecule has 1 aromatic rings. The Labute approximate surface area is 92.5 Å². The Morgan fingerprint density at radius 2 is 2.07 bits per heavy atom. The van der Waals surface area contributed by atoms with Crippen LogP contribution in [0.3, 0.4) is 0 Å². The van der Waals surface area contributed by atoms with Crippen LogP contribution in [0.5, 0.6) is 0 Å². The van der Waals surface area contributed by atoms with E-state index in [1.807, 2.05) is 12.1 Å². The number of rotatable bonds is 6. The first-order valence-electron chi connectivity index (χ1n) is 5.32. The summed E-state index contributed by atoms with van der Waals surface area (Å²) >= 11 is 0. The summed E-state index contributed by atoms with van der Waals surface area (Å²) in [6.07, 6.45) is 4.76. The molecule has 0 amide bonds. The molecule has 0 radical (unpaired) electrons. The number of unbranched alkanes of at least 4 members (excludes halogenated alkanes) is 2. The average Bonchev–Trinajstić information content (AvgIpc) is 2.25. The molecule has 0 aromatic heterocycles. The minimum Gasteiger partial charge on any atom is -0.478 e. The molecule has 1 unspecified atom stereocenters. The number of hydrogen-bond donors (Lipinski definition) is 1. The van der Waals surface area contributed by atoms with Crippen molar-refractivity contribution in [1.82, 2.24) is 0 Å². The van der Waals surface area contributed by atoms with Gasteiger partial charge < -0.3 is 5.11 Å². The van der Waals surface area contributed by atoms with Crippen LogP contribution < -0.4 is 5.30 Å². The smallest absolute Gasteiger partial charge is 0.336 e. The zero-order valence-corrected chi connectivity index (χ0v) is 9.99. The zero-order chi connectivity index (χ0) is 11.1. The number of carbonyl (C=O) groups is 1. The van der Waals surface area contributed by atoms with Crippen molar-refractivity contribution in [3.63, 3.8) is 0 Å². The summed E-state index contributed by atoms with van der Waals surface area (Å²) in [5.41, 5.74) is 0.465. The molecule has 3 heteroatoms. The van der Waals surface area contributed by atoms with Crippen LogP contribution in [0, 0.1) is 0 Å². The molecule has 0 fully saturated rings. The molecule has 0 bridgehead atoms. The summed E-state index contributed by atoms with van der Waals surface area (Å²) in [5, 5.41) is 9.96. The summed E-state index contributed by atoms with van der Waals surface area (Å²) < 4.78 is 0. The van der Waals surface area contributed by atoms with E-state index in [1.54, 1.807) is 12.1 Å². The van der Waals surface area contributed by atoms with Crippen molar-refractivity contribution in [3.8, 4) is 0 Å².